The maximum atomic E-state index is 13.0. The van der Waals surface area contributed by atoms with E-state index in [0.717, 1.165) is 0 Å². The van der Waals surface area contributed by atoms with Crippen molar-refractivity contribution >= 4 is 39.1 Å². The quantitative estimate of drug-likeness (QED) is 0.820. The van der Waals surface area contributed by atoms with E-state index in [-0.39, 0.29) is 11.6 Å². The van der Waals surface area contributed by atoms with Gasteiger partial charge in [0.25, 0.3) is 0 Å². The number of hydrogen-bond acceptors (Lipinski definition) is 1. The van der Waals surface area contributed by atoms with Crippen LogP contribution in [0.3, 0.4) is 0 Å². The Kier molecular flexibility index (Phi) is 3.69. The first-order chi connectivity index (χ1) is 6.13. The molecule has 0 aliphatic carbocycles. The Bertz CT molecular complexity index is 332. The van der Waals surface area contributed by atoms with Gasteiger partial charge in [-0.15, -0.1) is 11.6 Å². The third kappa shape index (κ3) is 2.97. The van der Waals surface area contributed by atoms with Gasteiger partial charge in [-0.25, -0.2) is 4.39 Å². The molecule has 0 atom stereocenters. The number of nitrogens with one attached hydrogen (secondary N) is 1. The number of benzene rings is 1. The fraction of sp³-hybridized carbons (Fsp3) is 0.125. The molecule has 0 saturated heterocycles. The van der Waals surface area contributed by atoms with Crippen LogP contribution in [0.4, 0.5) is 10.1 Å². The Labute approximate surface area is 88.2 Å². The molecule has 0 aliphatic rings. The number of carbonyl (C=O) groups is 1. The SMILES string of the molecule is O=C(CCl)Nc1cc(Br)ccc1F. The van der Waals surface area contributed by atoms with Crippen molar-refractivity contribution in [3.05, 3.63) is 28.5 Å². The minimum absolute atomic E-state index is 0.125. The summed E-state index contributed by atoms with van der Waals surface area (Å²) in [4.78, 5) is 10.8. The van der Waals surface area contributed by atoms with Crippen LogP contribution in [0.15, 0.2) is 22.7 Å². The molecule has 1 N–H and O–H groups in total. The molecule has 1 rings (SSSR count). The van der Waals surface area contributed by atoms with Crippen molar-refractivity contribution in [2.24, 2.45) is 0 Å². The maximum absolute atomic E-state index is 13.0. The van der Waals surface area contributed by atoms with E-state index in [1.54, 1.807) is 6.07 Å². The number of carbonyl (C=O) groups excluding carboxylic acids is 1. The van der Waals surface area contributed by atoms with Crippen LogP contribution in [-0.4, -0.2) is 11.8 Å². The Morgan fingerprint density at radius 3 is 2.92 bits per heavy atom. The third-order valence-electron chi connectivity index (χ3n) is 1.32. The van der Waals surface area contributed by atoms with Gasteiger partial charge in [-0.2, -0.15) is 0 Å². The fourth-order valence-electron chi connectivity index (χ4n) is 0.777. The van der Waals surface area contributed by atoms with Gasteiger partial charge in [-0.05, 0) is 18.2 Å². The lowest BCUT2D eigenvalue weighted by molar-refractivity contribution is -0.113. The van der Waals surface area contributed by atoms with E-state index in [9.17, 15) is 9.18 Å². The van der Waals surface area contributed by atoms with Crippen molar-refractivity contribution in [1.29, 1.82) is 0 Å². The van der Waals surface area contributed by atoms with Gasteiger partial charge in [-0.1, -0.05) is 15.9 Å². The lowest BCUT2D eigenvalue weighted by atomic mass is 10.3. The minimum Gasteiger partial charge on any atom is -0.323 e. The monoisotopic (exact) mass is 265 g/mol. The van der Waals surface area contributed by atoms with Gasteiger partial charge in [0.15, 0.2) is 0 Å². The van der Waals surface area contributed by atoms with E-state index < -0.39 is 11.7 Å². The molecule has 0 saturated carbocycles. The summed E-state index contributed by atoms with van der Waals surface area (Å²) >= 11 is 8.40. The van der Waals surface area contributed by atoms with E-state index in [2.05, 4.69) is 21.2 Å². The van der Waals surface area contributed by atoms with Crippen molar-refractivity contribution < 1.29 is 9.18 Å². The lowest BCUT2D eigenvalue weighted by Gasteiger charge is -2.04. The number of hydrogen-bond donors (Lipinski definition) is 1. The molecule has 0 spiro atoms. The largest absolute Gasteiger partial charge is 0.323 e. The number of anilines is 1. The van der Waals surface area contributed by atoms with E-state index in [1.807, 2.05) is 0 Å². The molecule has 2 nitrogen and oxygen atoms in total. The first-order valence-electron chi connectivity index (χ1n) is 3.44. The minimum atomic E-state index is -0.485. The van der Waals surface area contributed by atoms with Crippen LogP contribution in [-0.2, 0) is 4.79 Å². The van der Waals surface area contributed by atoms with Gasteiger partial charge in [0.2, 0.25) is 5.91 Å². The summed E-state index contributed by atoms with van der Waals surface area (Å²) in [6.07, 6.45) is 0. The van der Waals surface area contributed by atoms with Gasteiger partial charge in [-0.3, -0.25) is 4.79 Å². The van der Waals surface area contributed by atoms with Crippen LogP contribution in [0.2, 0.25) is 0 Å². The van der Waals surface area contributed by atoms with Crippen LogP contribution in [0.5, 0.6) is 0 Å². The standard InChI is InChI=1S/C8H6BrClFNO/c9-5-1-2-6(11)7(3-5)12-8(13)4-10/h1-3H,4H2,(H,12,13). The Balaban J connectivity index is 2.87. The molecule has 1 aromatic carbocycles. The van der Waals surface area contributed by atoms with Crippen LogP contribution >= 0.6 is 27.5 Å². The molecule has 13 heavy (non-hydrogen) atoms. The molecule has 5 heteroatoms. The molecule has 1 amide bonds. The molecule has 1 aromatic rings. The molecule has 0 unspecified atom stereocenters. The second kappa shape index (κ2) is 4.58. The van der Waals surface area contributed by atoms with Crippen molar-refractivity contribution in [3.8, 4) is 0 Å². The van der Waals surface area contributed by atoms with Gasteiger partial charge in [0.1, 0.15) is 11.7 Å². The first kappa shape index (κ1) is 10.5. The van der Waals surface area contributed by atoms with Gasteiger partial charge in [0, 0.05) is 4.47 Å². The van der Waals surface area contributed by atoms with Gasteiger partial charge < -0.3 is 5.32 Å². The topological polar surface area (TPSA) is 29.1 Å². The maximum Gasteiger partial charge on any atom is 0.239 e. The summed E-state index contributed by atoms with van der Waals surface area (Å²) < 4.78 is 13.7. The van der Waals surface area contributed by atoms with Crippen molar-refractivity contribution in [1.82, 2.24) is 0 Å². The molecule has 0 aliphatic heterocycles. The van der Waals surface area contributed by atoms with Crippen molar-refractivity contribution in [3.63, 3.8) is 0 Å². The normalized spacial score (nSPS) is 9.77. The molecule has 0 fully saturated rings. The summed E-state index contributed by atoms with van der Waals surface area (Å²) in [5.74, 6) is -1.10. The van der Waals surface area contributed by atoms with Crippen LogP contribution in [0, 0.1) is 5.82 Å². The van der Waals surface area contributed by atoms with Crippen molar-refractivity contribution in [2.75, 3.05) is 11.2 Å². The fourth-order valence-corrected chi connectivity index (χ4v) is 1.20. The van der Waals surface area contributed by atoms with Crippen LogP contribution in [0.25, 0.3) is 0 Å². The highest BCUT2D eigenvalue weighted by Gasteiger charge is 2.05. The average molecular weight is 266 g/mol. The molecular weight excluding hydrogens is 260 g/mol. The Morgan fingerprint density at radius 1 is 1.62 bits per heavy atom. The van der Waals surface area contributed by atoms with E-state index in [4.69, 9.17) is 11.6 Å². The summed E-state index contributed by atoms with van der Waals surface area (Å²) in [6, 6.07) is 4.28. The highest BCUT2D eigenvalue weighted by atomic mass is 79.9. The van der Waals surface area contributed by atoms with E-state index in [0.29, 0.717) is 4.47 Å². The number of amides is 1. The highest BCUT2D eigenvalue weighted by molar-refractivity contribution is 9.10. The second-order valence-corrected chi connectivity index (χ2v) is 3.49. The Morgan fingerprint density at radius 2 is 2.31 bits per heavy atom. The van der Waals surface area contributed by atoms with Gasteiger partial charge in [0.05, 0.1) is 5.69 Å². The predicted molar refractivity (Wildman–Crippen MR) is 53.4 cm³/mol. The second-order valence-electron chi connectivity index (χ2n) is 2.31. The number of alkyl halides is 1. The summed E-state index contributed by atoms with van der Waals surface area (Å²) in [5.41, 5.74) is 0.125. The molecule has 70 valence electrons. The first-order valence-corrected chi connectivity index (χ1v) is 4.77. The molecule has 0 aromatic heterocycles. The molecule has 0 radical (unpaired) electrons. The molecule has 0 bridgehead atoms. The highest BCUT2D eigenvalue weighted by Crippen LogP contribution is 2.19. The smallest absolute Gasteiger partial charge is 0.239 e. The van der Waals surface area contributed by atoms with Crippen LogP contribution in [0.1, 0.15) is 0 Å². The predicted octanol–water partition coefficient (Wildman–Crippen LogP) is 2.77. The molecule has 0 heterocycles. The molecular formula is C8H6BrClFNO. The summed E-state index contributed by atoms with van der Waals surface area (Å²) in [5, 5.41) is 2.32. The van der Waals surface area contributed by atoms with E-state index in [1.165, 1.54) is 12.1 Å². The zero-order chi connectivity index (χ0) is 9.84. The summed E-state index contributed by atoms with van der Waals surface area (Å²) in [6.45, 7) is 0. The third-order valence-corrected chi connectivity index (χ3v) is 2.06. The van der Waals surface area contributed by atoms with Gasteiger partial charge >= 0.3 is 0 Å². The number of rotatable bonds is 2. The zero-order valence-electron chi connectivity index (χ0n) is 6.48. The van der Waals surface area contributed by atoms with Crippen molar-refractivity contribution in [2.45, 2.75) is 0 Å². The Hall–Kier alpha value is -0.610. The van der Waals surface area contributed by atoms with E-state index >= 15 is 0 Å². The average Bonchev–Trinajstić information content (AvgIpc) is 2.11. The number of halogens is 3. The lowest BCUT2D eigenvalue weighted by Crippen LogP contribution is -2.13. The summed E-state index contributed by atoms with van der Waals surface area (Å²) in [7, 11) is 0. The zero-order valence-corrected chi connectivity index (χ0v) is 8.82. The van der Waals surface area contributed by atoms with Crippen LogP contribution < -0.4 is 5.32 Å².